The first-order valence-electron chi connectivity index (χ1n) is 10.6. The number of halogens is 2. The average molecular weight is 415 g/mol. The van der Waals surface area contributed by atoms with Crippen molar-refractivity contribution in [2.75, 3.05) is 26.4 Å². The molecule has 0 N–H and O–H groups in total. The molecule has 2 saturated heterocycles. The SMILES string of the molecule is CCCCC1COC(CCCCC2COC(c3ccc(Cl)c(F)c3)OC2)OC1. The first-order valence-corrected chi connectivity index (χ1v) is 10.9. The zero-order chi connectivity index (χ0) is 19.8. The van der Waals surface area contributed by atoms with Crippen LogP contribution in [-0.4, -0.2) is 32.7 Å². The lowest BCUT2D eigenvalue weighted by molar-refractivity contribution is -0.208. The number of hydrogen-bond acceptors (Lipinski definition) is 4. The van der Waals surface area contributed by atoms with E-state index in [2.05, 4.69) is 6.92 Å². The van der Waals surface area contributed by atoms with E-state index in [1.165, 1.54) is 31.4 Å². The van der Waals surface area contributed by atoms with Crippen molar-refractivity contribution in [3.05, 3.63) is 34.6 Å². The van der Waals surface area contributed by atoms with Crippen LogP contribution in [0.5, 0.6) is 0 Å². The van der Waals surface area contributed by atoms with Crippen LogP contribution in [0.4, 0.5) is 4.39 Å². The summed E-state index contributed by atoms with van der Waals surface area (Å²) in [7, 11) is 0. The lowest BCUT2D eigenvalue weighted by Crippen LogP contribution is -2.32. The maximum absolute atomic E-state index is 13.6. The predicted molar refractivity (Wildman–Crippen MR) is 107 cm³/mol. The Hall–Kier alpha value is -0.720. The molecular formula is C22H32ClFO4. The molecule has 2 aliphatic heterocycles. The second-order valence-corrected chi connectivity index (χ2v) is 8.33. The first kappa shape index (κ1) is 22.0. The fraction of sp³-hybridized carbons (Fsp3) is 0.727. The van der Waals surface area contributed by atoms with Crippen molar-refractivity contribution in [3.63, 3.8) is 0 Å². The van der Waals surface area contributed by atoms with E-state index in [0.29, 0.717) is 30.6 Å². The zero-order valence-electron chi connectivity index (χ0n) is 16.7. The Morgan fingerprint density at radius 2 is 1.50 bits per heavy atom. The third-order valence-electron chi connectivity index (χ3n) is 5.49. The molecule has 158 valence electrons. The Bertz CT molecular complexity index is 584. The minimum absolute atomic E-state index is 0.0408. The van der Waals surface area contributed by atoms with Gasteiger partial charge in [0.15, 0.2) is 12.6 Å². The molecular weight excluding hydrogens is 383 g/mol. The van der Waals surface area contributed by atoms with Crippen LogP contribution in [0.25, 0.3) is 0 Å². The average Bonchev–Trinajstić information content (AvgIpc) is 2.73. The maximum atomic E-state index is 13.6. The molecule has 0 radical (unpaired) electrons. The molecule has 4 nitrogen and oxygen atoms in total. The van der Waals surface area contributed by atoms with Crippen molar-refractivity contribution in [3.8, 4) is 0 Å². The lowest BCUT2D eigenvalue weighted by Gasteiger charge is -2.30. The first-order chi connectivity index (χ1) is 13.7. The third kappa shape index (κ3) is 6.67. The molecule has 0 atom stereocenters. The van der Waals surface area contributed by atoms with Gasteiger partial charge in [0.2, 0.25) is 0 Å². The molecule has 0 bridgehead atoms. The van der Waals surface area contributed by atoms with E-state index in [0.717, 1.165) is 38.9 Å². The van der Waals surface area contributed by atoms with Gasteiger partial charge in [-0.1, -0.05) is 43.9 Å². The minimum atomic E-state index is -0.507. The van der Waals surface area contributed by atoms with Crippen molar-refractivity contribution in [1.29, 1.82) is 0 Å². The van der Waals surface area contributed by atoms with Gasteiger partial charge in [0.25, 0.3) is 0 Å². The Morgan fingerprint density at radius 3 is 2.14 bits per heavy atom. The van der Waals surface area contributed by atoms with Gasteiger partial charge in [-0.2, -0.15) is 0 Å². The summed E-state index contributed by atoms with van der Waals surface area (Å²) in [5.74, 6) is 0.493. The van der Waals surface area contributed by atoms with Crippen LogP contribution >= 0.6 is 11.6 Å². The van der Waals surface area contributed by atoms with Crippen LogP contribution in [0.2, 0.25) is 5.02 Å². The molecule has 1 aromatic rings. The molecule has 0 aliphatic carbocycles. The van der Waals surface area contributed by atoms with Crippen LogP contribution < -0.4 is 0 Å². The van der Waals surface area contributed by atoms with Gasteiger partial charge in [0.05, 0.1) is 31.5 Å². The van der Waals surface area contributed by atoms with Gasteiger partial charge in [0, 0.05) is 17.4 Å². The molecule has 0 amide bonds. The van der Waals surface area contributed by atoms with Gasteiger partial charge in [-0.3, -0.25) is 0 Å². The van der Waals surface area contributed by atoms with E-state index in [4.69, 9.17) is 30.5 Å². The molecule has 2 fully saturated rings. The molecule has 1 aromatic carbocycles. The van der Waals surface area contributed by atoms with Crippen LogP contribution in [0.3, 0.4) is 0 Å². The van der Waals surface area contributed by atoms with Gasteiger partial charge < -0.3 is 18.9 Å². The fourth-order valence-electron chi connectivity index (χ4n) is 3.71. The molecule has 0 unspecified atom stereocenters. The monoisotopic (exact) mass is 414 g/mol. The van der Waals surface area contributed by atoms with Crippen molar-refractivity contribution >= 4 is 11.6 Å². The Morgan fingerprint density at radius 1 is 0.893 bits per heavy atom. The molecule has 0 spiro atoms. The summed E-state index contributed by atoms with van der Waals surface area (Å²) in [5, 5.41) is 0.111. The van der Waals surface area contributed by atoms with Crippen LogP contribution in [0, 0.1) is 17.7 Å². The second-order valence-electron chi connectivity index (χ2n) is 7.93. The Kier molecular flexibility index (Phi) is 9.00. The van der Waals surface area contributed by atoms with Crippen molar-refractivity contribution in [1.82, 2.24) is 0 Å². The van der Waals surface area contributed by atoms with E-state index in [1.807, 2.05) is 0 Å². The lowest BCUT2D eigenvalue weighted by atomic mass is 10.0. The summed E-state index contributed by atoms with van der Waals surface area (Å²) in [5.41, 5.74) is 0.671. The summed E-state index contributed by atoms with van der Waals surface area (Å²) >= 11 is 5.72. The highest BCUT2D eigenvalue weighted by Gasteiger charge is 2.25. The van der Waals surface area contributed by atoms with Crippen LogP contribution in [-0.2, 0) is 18.9 Å². The number of unbranched alkanes of at least 4 members (excludes halogenated alkanes) is 2. The highest BCUT2D eigenvalue weighted by atomic mass is 35.5. The molecule has 6 heteroatoms. The summed E-state index contributed by atoms with van der Waals surface area (Å²) in [6, 6.07) is 4.66. The molecule has 3 rings (SSSR count). The summed E-state index contributed by atoms with van der Waals surface area (Å²) in [4.78, 5) is 0. The normalized spacial score (nSPS) is 28.4. The maximum Gasteiger partial charge on any atom is 0.183 e. The molecule has 2 aliphatic rings. The van der Waals surface area contributed by atoms with Gasteiger partial charge >= 0.3 is 0 Å². The molecule has 0 aromatic heterocycles. The molecule has 0 saturated carbocycles. The Labute approximate surface area is 172 Å². The largest absolute Gasteiger partial charge is 0.352 e. The van der Waals surface area contributed by atoms with E-state index >= 15 is 0 Å². The fourth-order valence-corrected chi connectivity index (χ4v) is 3.83. The van der Waals surface area contributed by atoms with Crippen LogP contribution in [0.15, 0.2) is 18.2 Å². The number of benzene rings is 1. The molecule has 28 heavy (non-hydrogen) atoms. The standard InChI is InChI=1S/C22H32ClFO4/c1-2-3-6-16-12-25-21(26-13-16)8-5-4-7-17-14-27-22(28-15-17)18-9-10-19(23)20(24)11-18/h9-11,16-17,21-22H,2-8,12-15H2,1H3. The Balaban J connectivity index is 1.26. The van der Waals surface area contributed by atoms with Gasteiger partial charge in [-0.15, -0.1) is 0 Å². The van der Waals surface area contributed by atoms with Crippen molar-refractivity contribution in [2.45, 2.75) is 64.4 Å². The van der Waals surface area contributed by atoms with E-state index in [-0.39, 0.29) is 11.3 Å². The minimum Gasteiger partial charge on any atom is -0.352 e. The highest BCUT2D eigenvalue weighted by Crippen LogP contribution is 2.29. The number of ether oxygens (including phenoxy) is 4. The topological polar surface area (TPSA) is 36.9 Å². The molecule has 2 heterocycles. The quantitative estimate of drug-likeness (QED) is 0.473. The van der Waals surface area contributed by atoms with Crippen molar-refractivity contribution < 1.29 is 23.3 Å². The second kappa shape index (κ2) is 11.5. The van der Waals surface area contributed by atoms with Gasteiger partial charge in [-0.25, -0.2) is 4.39 Å². The van der Waals surface area contributed by atoms with Crippen molar-refractivity contribution in [2.24, 2.45) is 11.8 Å². The summed E-state index contributed by atoms with van der Waals surface area (Å²) in [6.45, 7) is 5.14. The van der Waals surface area contributed by atoms with E-state index < -0.39 is 12.1 Å². The smallest absolute Gasteiger partial charge is 0.183 e. The summed E-state index contributed by atoms with van der Waals surface area (Å²) < 4.78 is 36.8. The summed E-state index contributed by atoms with van der Waals surface area (Å²) in [6.07, 6.45) is 7.30. The van der Waals surface area contributed by atoms with E-state index in [1.54, 1.807) is 6.07 Å². The number of hydrogen-bond donors (Lipinski definition) is 0. The highest BCUT2D eigenvalue weighted by molar-refractivity contribution is 6.30. The van der Waals surface area contributed by atoms with Crippen LogP contribution in [0.1, 0.15) is 63.7 Å². The van der Waals surface area contributed by atoms with Gasteiger partial charge in [-0.05, 0) is 37.8 Å². The third-order valence-corrected chi connectivity index (χ3v) is 5.79. The number of rotatable bonds is 9. The van der Waals surface area contributed by atoms with Gasteiger partial charge in [0.1, 0.15) is 5.82 Å². The van der Waals surface area contributed by atoms with E-state index in [9.17, 15) is 4.39 Å². The predicted octanol–water partition coefficient (Wildman–Crippen LogP) is 5.88. The zero-order valence-corrected chi connectivity index (χ0v) is 17.5.